The van der Waals surface area contributed by atoms with Crippen LogP contribution in [0, 0.1) is 0 Å². The van der Waals surface area contributed by atoms with Crippen molar-refractivity contribution in [2.24, 2.45) is 0 Å². The molecule has 0 bridgehead atoms. The van der Waals surface area contributed by atoms with Crippen molar-refractivity contribution in [2.45, 2.75) is 12.8 Å². The lowest BCUT2D eigenvalue weighted by atomic mass is 9.98. The maximum atomic E-state index is 5.90. The van der Waals surface area contributed by atoms with E-state index in [2.05, 4.69) is 35.6 Å². The fraction of sp³-hybridized carbons (Fsp3) is 0.200. The van der Waals surface area contributed by atoms with Gasteiger partial charge in [-0.2, -0.15) is 0 Å². The third-order valence-corrected chi connectivity index (χ3v) is 3.48. The molecule has 17 heavy (non-hydrogen) atoms. The molecule has 0 spiro atoms. The van der Waals surface area contributed by atoms with Gasteiger partial charge in [-0.15, -0.1) is 0 Å². The second-order valence-electron chi connectivity index (χ2n) is 4.41. The van der Waals surface area contributed by atoms with Gasteiger partial charge >= 0.3 is 0 Å². The van der Waals surface area contributed by atoms with Crippen LogP contribution >= 0.6 is 11.6 Å². The van der Waals surface area contributed by atoms with Gasteiger partial charge < -0.3 is 5.32 Å². The van der Waals surface area contributed by atoms with Crippen LogP contribution in [0.15, 0.2) is 42.5 Å². The molecule has 0 unspecified atom stereocenters. The maximum absolute atomic E-state index is 5.90. The van der Waals surface area contributed by atoms with Crippen LogP contribution in [0.1, 0.15) is 12.0 Å². The molecule has 86 valence electrons. The van der Waals surface area contributed by atoms with E-state index in [-0.39, 0.29) is 0 Å². The molecule has 0 aromatic heterocycles. The van der Waals surface area contributed by atoms with E-state index in [0.717, 1.165) is 11.6 Å². The summed E-state index contributed by atoms with van der Waals surface area (Å²) in [6.45, 7) is 1.08. The lowest BCUT2D eigenvalue weighted by molar-refractivity contribution is 0.830. The molecule has 1 heterocycles. The minimum atomic E-state index is 0.782. The van der Waals surface area contributed by atoms with E-state index < -0.39 is 0 Å². The highest BCUT2D eigenvalue weighted by Crippen LogP contribution is 2.29. The average Bonchev–Trinajstić information content (AvgIpc) is 2.39. The molecule has 1 aliphatic heterocycles. The lowest BCUT2D eigenvalue weighted by Gasteiger charge is -2.18. The largest absolute Gasteiger partial charge is 0.385 e. The fourth-order valence-electron chi connectivity index (χ4n) is 2.28. The van der Waals surface area contributed by atoms with E-state index >= 15 is 0 Å². The zero-order valence-electron chi connectivity index (χ0n) is 9.54. The van der Waals surface area contributed by atoms with Crippen molar-refractivity contribution in [3.63, 3.8) is 0 Å². The molecule has 0 amide bonds. The van der Waals surface area contributed by atoms with Gasteiger partial charge in [-0.1, -0.05) is 35.9 Å². The summed E-state index contributed by atoms with van der Waals surface area (Å²) >= 11 is 5.90. The van der Waals surface area contributed by atoms with Gasteiger partial charge in [0.15, 0.2) is 0 Å². The Morgan fingerprint density at radius 1 is 0.941 bits per heavy atom. The van der Waals surface area contributed by atoms with Gasteiger partial charge in [-0.05, 0) is 47.7 Å². The molecular formula is C15H14ClN. The number of aryl methyl sites for hydroxylation is 1. The number of hydrogen-bond donors (Lipinski definition) is 1. The molecule has 0 radical (unpaired) electrons. The Morgan fingerprint density at radius 2 is 1.71 bits per heavy atom. The highest BCUT2D eigenvalue weighted by molar-refractivity contribution is 6.30. The van der Waals surface area contributed by atoms with Gasteiger partial charge in [0.05, 0.1) is 0 Å². The van der Waals surface area contributed by atoms with Crippen molar-refractivity contribution in [1.82, 2.24) is 0 Å². The van der Waals surface area contributed by atoms with Crippen LogP contribution in [0.2, 0.25) is 5.02 Å². The summed E-state index contributed by atoms with van der Waals surface area (Å²) in [6, 6.07) is 14.6. The zero-order valence-corrected chi connectivity index (χ0v) is 10.3. The van der Waals surface area contributed by atoms with Gasteiger partial charge in [0.25, 0.3) is 0 Å². The van der Waals surface area contributed by atoms with E-state index in [9.17, 15) is 0 Å². The first-order valence-electron chi connectivity index (χ1n) is 5.96. The maximum Gasteiger partial charge on any atom is 0.0406 e. The summed E-state index contributed by atoms with van der Waals surface area (Å²) in [6.07, 6.45) is 2.41. The molecule has 2 aromatic carbocycles. The summed E-state index contributed by atoms with van der Waals surface area (Å²) in [5.74, 6) is 0. The number of benzene rings is 2. The molecule has 2 aromatic rings. The van der Waals surface area contributed by atoms with E-state index in [1.54, 1.807) is 0 Å². The monoisotopic (exact) mass is 243 g/mol. The molecule has 0 atom stereocenters. The molecule has 0 saturated carbocycles. The minimum absolute atomic E-state index is 0.782. The third kappa shape index (κ3) is 2.16. The summed E-state index contributed by atoms with van der Waals surface area (Å²) < 4.78 is 0. The fourth-order valence-corrected chi connectivity index (χ4v) is 2.41. The minimum Gasteiger partial charge on any atom is -0.385 e. The van der Waals surface area contributed by atoms with Gasteiger partial charge in [0.2, 0.25) is 0 Å². The first-order valence-corrected chi connectivity index (χ1v) is 6.33. The van der Waals surface area contributed by atoms with Gasteiger partial charge in [0.1, 0.15) is 0 Å². The molecule has 1 N–H and O–H groups in total. The standard InChI is InChI=1S/C15H14ClN/c16-14-7-5-11(6-8-14)13-4-3-12-2-1-9-17-15(12)10-13/h3-8,10,17H,1-2,9H2. The number of nitrogens with one attached hydrogen (secondary N) is 1. The Hall–Kier alpha value is -1.47. The van der Waals surface area contributed by atoms with E-state index in [4.69, 9.17) is 11.6 Å². The van der Waals surface area contributed by atoms with Crippen molar-refractivity contribution in [3.05, 3.63) is 53.1 Å². The zero-order chi connectivity index (χ0) is 11.7. The number of fused-ring (bicyclic) bond motifs is 1. The van der Waals surface area contributed by atoms with Crippen LogP contribution in [0.4, 0.5) is 5.69 Å². The van der Waals surface area contributed by atoms with Gasteiger partial charge in [-0.25, -0.2) is 0 Å². The predicted octanol–water partition coefficient (Wildman–Crippen LogP) is 4.37. The lowest BCUT2D eigenvalue weighted by Crippen LogP contribution is -2.11. The van der Waals surface area contributed by atoms with Crippen LogP contribution in [0.25, 0.3) is 11.1 Å². The van der Waals surface area contributed by atoms with E-state index in [1.807, 2.05) is 12.1 Å². The Bertz CT molecular complexity index is 531. The second-order valence-corrected chi connectivity index (χ2v) is 4.85. The topological polar surface area (TPSA) is 12.0 Å². The summed E-state index contributed by atoms with van der Waals surface area (Å²) in [4.78, 5) is 0. The van der Waals surface area contributed by atoms with Crippen LogP contribution in [-0.4, -0.2) is 6.54 Å². The van der Waals surface area contributed by atoms with Crippen LogP contribution in [-0.2, 0) is 6.42 Å². The van der Waals surface area contributed by atoms with E-state index in [0.29, 0.717) is 0 Å². The molecular weight excluding hydrogens is 230 g/mol. The first-order chi connectivity index (χ1) is 8.33. The molecule has 0 fully saturated rings. The van der Waals surface area contributed by atoms with Crippen molar-refractivity contribution in [2.75, 3.05) is 11.9 Å². The highest BCUT2D eigenvalue weighted by Gasteiger charge is 2.09. The van der Waals surface area contributed by atoms with Crippen molar-refractivity contribution in [3.8, 4) is 11.1 Å². The molecule has 1 aliphatic rings. The van der Waals surface area contributed by atoms with Crippen LogP contribution < -0.4 is 5.32 Å². The van der Waals surface area contributed by atoms with Crippen LogP contribution in [0.5, 0.6) is 0 Å². The number of halogens is 1. The van der Waals surface area contributed by atoms with E-state index in [1.165, 1.54) is 35.2 Å². The smallest absolute Gasteiger partial charge is 0.0406 e. The molecule has 1 nitrogen and oxygen atoms in total. The number of anilines is 1. The molecule has 2 heteroatoms. The van der Waals surface area contributed by atoms with Crippen LogP contribution in [0.3, 0.4) is 0 Å². The van der Waals surface area contributed by atoms with Crippen molar-refractivity contribution in [1.29, 1.82) is 0 Å². The first kappa shape index (κ1) is 10.7. The summed E-state index contributed by atoms with van der Waals surface area (Å²) in [5.41, 5.74) is 5.16. The Labute approximate surface area is 106 Å². The summed E-state index contributed by atoms with van der Waals surface area (Å²) in [7, 11) is 0. The highest BCUT2D eigenvalue weighted by atomic mass is 35.5. The van der Waals surface area contributed by atoms with Crippen molar-refractivity contribution < 1.29 is 0 Å². The average molecular weight is 244 g/mol. The molecule has 0 saturated heterocycles. The normalized spacial score (nSPS) is 13.9. The Kier molecular flexibility index (Phi) is 2.77. The van der Waals surface area contributed by atoms with Crippen molar-refractivity contribution >= 4 is 17.3 Å². The van der Waals surface area contributed by atoms with Gasteiger partial charge in [-0.3, -0.25) is 0 Å². The molecule has 3 rings (SSSR count). The Morgan fingerprint density at radius 3 is 2.53 bits per heavy atom. The molecule has 0 aliphatic carbocycles. The van der Waals surface area contributed by atoms with Gasteiger partial charge in [0, 0.05) is 17.3 Å². The predicted molar refractivity (Wildman–Crippen MR) is 73.7 cm³/mol. The summed E-state index contributed by atoms with van der Waals surface area (Å²) in [5, 5.41) is 4.24. The second kappa shape index (κ2) is 4.42. The number of rotatable bonds is 1. The SMILES string of the molecule is Clc1ccc(-c2ccc3c(c2)NCCC3)cc1. The third-order valence-electron chi connectivity index (χ3n) is 3.23. The quantitative estimate of drug-likeness (QED) is 0.785. The number of hydrogen-bond acceptors (Lipinski definition) is 1. The Balaban J connectivity index is 2.01.